The Morgan fingerprint density at radius 2 is 2.16 bits per heavy atom. The van der Waals surface area contributed by atoms with Crippen molar-refractivity contribution in [2.75, 3.05) is 44.2 Å². The molecule has 0 atom stereocenters. The van der Waals surface area contributed by atoms with Gasteiger partial charge in [0.1, 0.15) is 11.9 Å². The molecule has 2 rings (SSSR count). The highest BCUT2D eigenvalue weighted by Gasteiger charge is 2.18. The zero-order chi connectivity index (χ0) is 13.7. The molecule has 5 nitrogen and oxygen atoms in total. The number of hydrogen-bond acceptors (Lipinski definition) is 5. The first-order chi connectivity index (χ1) is 9.24. The van der Waals surface area contributed by atoms with E-state index in [4.69, 9.17) is 5.11 Å². The van der Waals surface area contributed by atoms with Crippen LogP contribution in [0.5, 0.6) is 0 Å². The molecule has 1 aromatic rings. The lowest BCUT2D eigenvalue weighted by atomic mass is 10.2. The average molecular weight is 260 g/mol. The van der Waals surface area contributed by atoms with Crippen molar-refractivity contribution in [3.05, 3.63) is 23.4 Å². The van der Waals surface area contributed by atoms with Gasteiger partial charge in [-0.15, -0.1) is 0 Å². The summed E-state index contributed by atoms with van der Waals surface area (Å²) in [5.74, 6) is 0.799. The Hall–Kier alpha value is -1.64. The number of aliphatic hydroxyl groups is 1. The molecule has 0 amide bonds. The van der Waals surface area contributed by atoms with Crippen LogP contribution in [0.1, 0.15) is 17.7 Å². The van der Waals surface area contributed by atoms with Crippen molar-refractivity contribution in [3.63, 3.8) is 0 Å². The second-order valence-electron chi connectivity index (χ2n) is 4.84. The molecule has 1 N–H and O–H groups in total. The first kappa shape index (κ1) is 13.8. The summed E-state index contributed by atoms with van der Waals surface area (Å²) in [6.07, 6.45) is 1.03. The maximum atomic E-state index is 9.19. The Morgan fingerprint density at radius 1 is 1.32 bits per heavy atom. The number of pyridine rings is 1. The van der Waals surface area contributed by atoms with E-state index in [0.29, 0.717) is 5.56 Å². The number of aryl methyl sites for hydroxylation is 1. The number of anilines is 1. The van der Waals surface area contributed by atoms with Crippen molar-refractivity contribution < 1.29 is 5.11 Å². The Kier molecular flexibility index (Phi) is 4.72. The molecule has 1 aliphatic rings. The van der Waals surface area contributed by atoms with Gasteiger partial charge in [0, 0.05) is 31.9 Å². The predicted octanol–water partition coefficient (Wildman–Crippen LogP) is 0.766. The topological polar surface area (TPSA) is 63.4 Å². The summed E-state index contributed by atoms with van der Waals surface area (Å²) in [7, 11) is 0. The molecule has 2 heterocycles. The summed E-state index contributed by atoms with van der Waals surface area (Å²) in [5, 5.41) is 18.2. The van der Waals surface area contributed by atoms with Crippen LogP contribution in [0.15, 0.2) is 12.1 Å². The third-order valence-electron chi connectivity index (χ3n) is 3.44. The van der Waals surface area contributed by atoms with Crippen molar-refractivity contribution in [3.8, 4) is 6.07 Å². The minimum absolute atomic E-state index is 0.201. The first-order valence-corrected chi connectivity index (χ1v) is 6.70. The van der Waals surface area contributed by atoms with Crippen molar-refractivity contribution in [2.45, 2.75) is 13.3 Å². The third kappa shape index (κ3) is 3.43. The number of β-amino-alcohol motifs (C(OH)–C–C–N with tert-alkyl or cyclic N) is 1. The minimum atomic E-state index is 0.201. The molecule has 1 saturated heterocycles. The van der Waals surface area contributed by atoms with Crippen LogP contribution >= 0.6 is 0 Å². The second kappa shape index (κ2) is 6.50. The monoisotopic (exact) mass is 260 g/mol. The molecule has 0 saturated carbocycles. The van der Waals surface area contributed by atoms with Gasteiger partial charge >= 0.3 is 0 Å². The van der Waals surface area contributed by atoms with Crippen LogP contribution in [0, 0.1) is 18.3 Å². The smallest absolute Gasteiger partial charge is 0.146 e. The maximum absolute atomic E-state index is 9.19. The quantitative estimate of drug-likeness (QED) is 0.869. The predicted molar refractivity (Wildman–Crippen MR) is 74.0 cm³/mol. The van der Waals surface area contributed by atoms with E-state index in [-0.39, 0.29) is 6.61 Å². The van der Waals surface area contributed by atoms with E-state index in [1.165, 1.54) is 0 Å². The lowest BCUT2D eigenvalue weighted by molar-refractivity contribution is 0.204. The standard InChI is InChI=1S/C14H20N4O/c1-12-3-4-13(11-15)14(16-12)18-6-2-5-17(7-8-18)9-10-19/h3-4,19H,2,5-10H2,1H3. The SMILES string of the molecule is Cc1ccc(C#N)c(N2CCCN(CCO)CC2)n1. The highest BCUT2D eigenvalue weighted by atomic mass is 16.3. The fourth-order valence-corrected chi connectivity index (χ4v) is 2.42. The van der Waals surface area contributed by atoms with Gasteiger partial charge in [-0.1, -0.05) is 0 Å². The number of nitrogens with zero attached hydrogens (tertiary/aromatic N) is 4. The van der Waals surface area contributed by atoms with Crippen LogP contribution in [-0.2, 0) is 0 Å². The van der Waals surface area contributed by atoms with Gasteiger partial charge in [-0.25, -0.2) is 4.98 Å². The lowest BCUT2D eigenvalue weighted by Gasteiger charge is -2.23. The van der Waals surface area contributed by atoms with Gasteiger partial charge in [-0.3, -0.25) is 4.90 Å². The average Bonchev–Trinajstić information content (AvgIpc) is 2.65. The van der Waals surface area contributed by atoms with E-state index in [0.717, 1.165) is 50.7 Å². The van der Waals surface area contributed by atoms with Gasteiger partial charge in [-0.2, -0.15) is 5.26 Å². The molecule has 0 aromatic carbocycles. The van der Waals surface area contributed by atoms with E-state index in [9.17, 15) is 5.26 Å². The summed E-state index contributed by atoms with van der Waals surface area (Å²) >= 11 is 0. The van der Waals surface area contributed by atoms with Crippen molar-refractivity contribution >= 4 is 5.82 Å². The Balaban J connectivity index is 2.14. The normalized spacial score (nSPS) is 17.0. The Labute approximate surface area is 114 Å². The molecule has 0 unspecified atom stereocenters. The molecule has 0 radical (unpaired) electrons. The molecule has 1 aromatic heterocycles. The summed E-state index contributed by atoms with van der Waals surface area (Å²) in [6, 6.07) is 5.93. The molecule has 1 aliphatic heterocycles. The highest BCUT2D eigenvalue weighted by Crippen LogP contribution is 2.19. The fraction of sp³-hybridized carbons (Fsp3) is 0.571. The van der Waals surface area contributed by atoms with E-state index < -0.39 is 0 Å². The third-order valence-corrected chi connectivity index (χ3v) is 3.44. The summed E-state index contributed by atoms with van der Waals surface area (Å²) in [5.41, 5.74) is 1.58. The number of rotatable bonds is 3. The number of aromatic nitrogens is 1. The van der Waals surface area contributed by atoms with Crippen LogP contribution in [0.25, 0.3) is 0 Å². The van der Waals surface area contributed by atoms with Gasteiger partial charge in [-0.05, 0) is 32.0 Å². The van der Waals surface area contributed by atoms with Crippen LogP contribution in [0.3, 0.4) is 0 Å². The number of hydrogen-bond donors (Lipinski definition) is 1. The lowest BCUT2D eigenvalue weighted by Crippen LogP contribution is -2.33. The van der Waals surface area contributed by atoms with Crippen LogP contribution in [0.4, 0.5) is 5.82 Å². The molecule has 19 heavy (non-hydrogen) atoms. The summed E-state index contributed by atoms with van der Waals surface area (Å²) in [6.45, 7) is 6.52. The van der Waals surface area contributed by atoms with E-state index >= 15 is 0 Å². The molecule has 5 heteroatoms. The first-order valence-electron chi connectivity index (χ1n) is 6.70. The molecule has 0 spiro atoms. The van der Waals surface area contributed by atoms with Crippen LogP contribution in [0.2, 0.25) is 0 Å². The van der Waals surface area contributed by atoms with Gasteiger partial charge < -0.3 is 10.0 Å². The molecular weight excluding hydrogens is 240 g/mol. The fourth-order valence-electron chi connectivity index (χ4n) is 2.42. The molecule has 0 bridgehead atoms. The van der Waals surface area contributed by atoms with Crippen LogP contribution in [-0.4, -0.2) is 54.3 Å². The molecular formula is C14H20N4O. The zero-order valence-electron chi connectivity index (χ0n) is 11.3. The van der Waals surface area contributed by atoms with Crippen molar-refractivity contribution in [1.82, 2.24) is 9.88 Å². The number of aliphatic hydroxyl groups excluding tert-OH is 1. The van der Waals surface area contributed by atoms with E-state index in [1.807, 2.05) is 19.1 Å². The second-order valence-corrected chi connectivity index (χ2v) is 4.84. The largest absolute Gasteiger partial charge is 0.395 e. The van der Waals surface area contributed by atoms with Gasteiger partial charge in [0.05, 0.1) is 12.2 Å². The van der Waals surface area contributed by atoms with E-state index in [2.05, 4.69) is 20.9 Å². The van der Waals surface area contributed by atoms with Gasteiger partial charge in [0.15, 0.2) is 0 Å². The maximum Gasteiger partial charge on any atom is 0.146 e. The van der Waals surface area contributed by atoms with Gasteiger partial charge in [0.25, 0.3) is 0 Å². The molecule has 102 valence electrons. The highest BCUT2D eigenvalue weighted by molar-refractivity contribution is 5.54. The number of nitriles is 1. The zero-order valence-corrected chi connectivity index (χ0v) is 11.3. The van der Waals surface area contributed by atoms with E-state index in [1.54, 1.807) is 0 Å². The minimum Gasteiger partial charge on any atom is -0.395 e. The summed E-state index contributed by atoms with van der Waals surface area (Å²) in [4.78, 5) is 8.95. The Morgan fingerprint density at radius 3 is 2.89 bits per heavy atom. The van der Waals surface area contributed by atoms with Crippen molar-refractivity contribution in [2.24, 2.45) is 0 Å². The summed E-state index contributed by atoms with van der Waals surface area (Å²) < 4.78 is 0. The van der Waals surface area contributed by atoms with Gasteiger partial charge in [0.2, 0.25) is 0 Å². The molecule has 0 aliphatic carbocycles. The van der Waals surface area contributed by atoms with Crippen LogP contribution < -0.4 is 4.90 Å². The van der Waals surface area contributed by atoms with Crippen molar-refractivity contribution in [1.29, 1.82) is 5.26 Å². The molecule has 1 fully saturated rings. The Bertz CT molecular complexity index is 469.